The summed E-state index contributed by atoms with van der Waals surface area (Å²) in [7, 11) is 0. The number of rotatable bonds is 1. The standard InChI is InChI=1S/C12H21NO2S/c1-5-14-6-2-10(1)11-12(3-8-16-9-12)15-7-4-13-11/h10-11,13H,1-9H2. The van der Waals surface area contributed by atoms with Crippen LogP contribution in [0.25, 0.3) is 0 Å². The van der Waals surface area contributed by atoms with Gasteiger partial charge in [-0.15, -0.1) is 0 Å². The van der Waals surface area contributed by atoms with E-state index in [2.05, 4.69) is 17.1 Å². The molecule has 0 aromatic carbocycles. The third-order valence-electron chi connectivity index (χ3n) is 4.18. The lowest BCUT2D eigenvalue weighted by molar-refractivity contribution is -0.104. The Morgan fingerprint density at radius 3 is 2.81 bits per heavy atom. The van der Waals surface area contributed by atoms with Crippen LogP contribution in [0.4, 0.5) is 0 Å². The smallest absolute Gasteiger partial charge is 0.0935 e. The van der Waals surface area contributed by atoms with Crippen LogP contribution < -0.4 is 5.32 Å². The molecule has 0 radical (unpaired) electrons. The van der Waals surface area contributed by atoms with E-state index in [9.17, 15) is 0 Å². The van der Waals surface area contributed by atoms with E-state index < -0.39 is 0 Å². The van der Waals surface area contributed by atoms with E-state index in [-0.39, 0.29) is 5.60 Å². The van der Waals surface area contributed by atoms with Gasteiger partial charge in [-0.25, -0.2) is 0 Å². The van der Waals surface area contributed by atoms with Gasteiger partial charge in [0.15, 0.2) is 0 Å². The van der Waals surface area contributed by atoms with Crippen molar-refractivity contribution >= 4 is 11.8 Å². The van der Waals surface area contributed by atoms with Gasteiger partial charge in [-0.1, -0.05) is 0 Å². The summed E-state index contributed by atoms with van der Waals surface area (Å²) in [6.07, 6.45) is 3.63. The molecule has 0 aromatic heterocycles. The number of hydrogen-bond donors (Lipinski definition) is 1. The molecule has 1 spiro atoms. The number of nitrogens with one attached hydrogen (secondary N) is 1. The molecule has 3 fully saturated rings. The number of morpholine rings is 1. The van der Waals surface area contributed by atoms with E-state index in [0.29, 0.717) is 6.04 Å². The van der Waals surface area contributed by atoms with Crippen LogP contribution in [-0.2, 0) is 9.47 Å². The summed E-state index contributed by atoms with van der Waals surface area (Å²) >= 11 is 2.05. The SMILES string of the molecule is C1COC2(CCSC2)C(C2CCOCC2)N1. The van der Waals surface area contributed by atoms with E-state index in [1.807, 2.05) is 0 Å². The third-order valence-corrected chi connectivity index (χ3v) is 5.36. The van der Waals surface area contributed by atoms with Gasteiger partial charge in [-0.3, -0.25) is 0 Å². The van der Waals surface area contributed by atoms with E-state index in [1.54, 1.807) is 0 Å². The van der Waals surface area contributed by atoms with Gasteiger partial charge in [0.05, 0.1) is 12.2 Å². The Bertz CT molecular complexity index is 237. The van der Waals surface area contributed by atoms with Crippen molar-refractivity contribution in [2.75, 3.05) is 37.9 Å². The van der Waals surface area contributed by atoms with Crippen molar-refractivity contribution in [2.24, 2.45) is 5.92 Å². The molecular formula is C12H21NO2S. The molecular weight excluding hydrogens is 222 g/mol. The zero-order chi connectivity index (χ0) is 10.8. The van der Waals surface area contributed by atoms with Crippen LogP contribution in [0.15, 0.2) is 0 Å². The van der Waals surface area contributed by atoms with E-state index in [4.69, 9.17) is 9.47 Å². The number of hydrogen-bond acceptors (Lipinski definition) is 4. The Labute approximate surface area is 102 Å². The molecule has 3 aliphatic rings. The molecule has 3 aliphatic heterocycles. The van der Waals surface area contributed by atoms with Crippen LogP contribution in [0.3, 0.4) is 0 Å². The highest BCUT2D eigenvalue weighted by Crippen LogP contribution is 2.40. The van der Waals surface area contributed by atoms with Crippen molar-refractivity contribution in [3.8, 4) is 0 Å². The first kappa shape index (κ1) is 11.3. The summed E-state index contributed by atoms with van der Waals surface area (Å²) < 4.78 is 11.6. The lowest BCUT2D eigenvalue weighted by atomic mass is 9.79. The molecule has 3 saturated heterocycles. The normalized spacial score (nSPS) is 41.6. The molecule has 2 atom stereocenters. The Morgan fingerprint density at radius 2 is 2.06 bits per heavy atom. The molecule has 1 N–H and O–H groups in total. The Morgan fingerprint density at radius 1 is 1.19 bits per heavy atom. The summed E-state index contributed by atoms with van der Waals surface area (Å²) in [6.45, 7) is 3.78. The largest absolute Gasteiger partial charge is 0.381 e. The second-order valence-electron chi connectivity index (χ2n) is 5.10. The summed E-state index contributed by atoms with van der Waals surface area (Å²) in [5, 5.41) is 3.73. The predicted octanol–water partition coefficient (Wildman–Crippen LogP) is 1.28. The molecule has 3 nitrogen and oxygen atoms in total. The minimum Gasteiger partial charge on any atom is -0.381 e. The van der Waals surface area contributed by atoms with E-state index in [0.717, 1.165) is 32.3 Å². The van der Waals surface area contributed by atoms with Crippen LogP contribution >= 0.6 is 11.8 Å². The fourth-order valence-electron chi connectivity index (χ4n) is 3.31. The molecule has 0 aromatic rings. The van der Waals surface area contributed by atoms with E-state index >= 15 is 0 Å². The minimum atomic E-state index is 0.144. The van der Waals surface area contributed by atoms with Crippen LogP contribution in [0.5, 0.6) is 0 Å². The van der Waals surface area contributed by atoms with Crippen molar-refractivity contribution in [1.29, 1.82) is 0 Å². The van der Waals surface area contributed by atoms with Crippen molar-refractivity contribution in [3.05, 3.63) is 0 Å². The molecule has 3 heterocycles. The Kier molecular flexibility index (Phi) is 3.43. The maximum absolute atomic E-state index is 6.17. The van der Waals surface area contributed by atoms with Gasteiger partial charge in [0.2, 0.25) is 0 Å². The minimum absolute atomic E-state index is 0.144. The molecule has 4 heteroatoms. The second-order valence-corrected chi connectivity index (χ2v) is 6.20. The van der Waals surface area contributed by atoms with Gasteiger partial charge in [-0.2, -0.15) is 11.8 Å². The first-order valence-corrected chi connectivity index (χ1v) is 7.59. The second kappa shape index (κ2) is 4.84. The van der Waals surface area contributed by atoms with Crippen molar-refractivity contribution in [3.63, 3.8) is 0 Å². The maximum atomic E-state index is 6.17. The maximum Gasteiger partial charge on any atom is 0.0935 e. The average molecular weight is 243 g/mol. The fourth-order valence-corrected chi connectivity index (χ4v) is 4.70. The summed E-state index contributed by atoms with van der Waals surface area (Å²) in [6, 6.07) is 0.570. The van der Waals surface area contributed by atoms with Crippen molar-refractivity contribution < 1.29 is 9.47 Å². The van der Waals surface area contributed by atoms with Gasteiger partial charge >= 0.3 is 0 Å². The highest BCUT2D eigenvalue weighted by Gasteiger charge is 2.47. The Balaban J connectivity index is 1.74. The van der Waals surface area contributed by atoms with Crippen LogP contribution in [0.1, 0.15) is 19.3 Å². The molecule has 92 valence electrons. The van der Waals surface area contributed by atoms with Gasteiger partial charge < -0.3 is 14.8 Å². The van der Waals surface area contributed by atoms with Crippen molar-refractivity contribution in [2.45, 2.75) is 30.9 Å². The number of thioether (sulfide) groups is 1. The summed E-state index contributed by atoms with van der Waals surface area (Å²) in [4.78, 5) is 0. The summed E-state index contributed by atoms with van der Waals surface area (Å²) in [5.41, 5.74) is 0.144. The van der Waals surface area contributed by atoms with Gasteiger partial charge in [0.1, 0.15) is 0 Å². The molecule has 0 saturated carbocycles. The molecule has 0 bridgehead atoms. The van der Waals surface area contributed by atoms with Crippen LogP contribution in [0, 0.1) is 5.92 Å². The average Bonchev–Trinajstić information content (AvgIpc) is 2.80. The predicted molar refractivity (Wildman–Crippen MR) is 66.0 cm³/mol. The third kappa shape index (κ3) is 2.01. The van der Waals surface area contributed by atoms with E-state index in [1.165, 1.54) is 30.8 Å². The topological polar surface area (TPSA) is 30.5 Å². The first-order valence-electron chi connectivity index (χ1n) is 6.44. The zero-order valence-electron chi connectivity index (χ0n) is 9.74. The summed E-state index contributed by atoms with van der Waals surface area (Å²) in [5.74, 6) is 3.21. The number of ether oxygens (including phenoxy) is 2. The molecule has 16 heavy (non-hydrogen) atoms. The highest BCUT2D eigenvalue weighted by atomic mass is 32.2. The monoisotopic (exact) mass is 243 g/mol. The lowest BCUT2D eigenvalue weighted by Gasteiger charge is -2.46. The molecule has 0 amide bonds. The molecule has 2 unspecified atom stereocenters. The van der Waals surface area contributed by atoms with Crippen molar-refractivity contribution in [1.82, 2.24) is 5.32 Å². The highest BCUT2D eigenvalue weighted by molar-refractivity contribution is 7.99. The first-order chi connectivity index (χ1) is 7.91. The van der Waals surface area contributed by atoms with Gasteiger partial charge in [0.25, 0.3) is 0 Å². The fraction of sp³-hybridized carbons (Fsp3) is 1.00. The van der Waals surface area contributed by atoms with Gasteiger partial charge in [0, 0.05) is 31.6 Å². The zero-order valence-corrected chi connectivity index (χ0v) is 10.6. The van der Waals surface area contributed by atoms with Crippen LogP contribution in [0.2, 0.25) is 0 Å². The lowest BCUT2D eigenvalue weighted by Crippen LogP contribution is -2.61. The Hall–Kier alpha value is 0.230. The molecule has 3 rings (SSSR count). The molecule has 0 aliphatic carbocycles. The van der Waals surface area contributed by atoms with Crippen LogP contribution in [-0.4, -0.2) is 49.5 Å². The van der Waals surface area contributed by atoms with Gasteiger partial charge in [-0.05, 0) is 30.9 Å². The quantitative estimate of drug-likeness (QED) is 0.751.